The minimum atomic E-state index is -1.07. The summed E-state index contributed by atoms with van der Waals surface area (Å²) < 4.78 is 13.5. The summed E-state index contributed by atoms with van der Waals surface area (Å²) in [6.07, 6.45) is 3.97. The number of carboxylic acids is 1. The van der Waals surface area contributed by atoms with Crippen LogP contribution in [0.25, 0.3) is 6.08 Å². The minimum Gasteiger partial charge on any atom is -0.478 e. The van der Waals surface area contributed by atoms with Crippen molar-refractivity contribution in [3.05, 3.63) is 64.6 Å². The van der Waals surface area contributed by atoms with Gasteiger partial charge in [-0.05, 0) is 41.5 Å². The van der Waals surface area contributed by atoms with Crippen molar-refractivity contribution in [1.82, 2.24) is 4.98 Å². The van der Waals surface area contributed by atoms with Crippen LogP contribution in [0.4, 0.5) is 4.39 Å². The molecule has 0 aliphatic heterocycles. The van der Waals surface area contributed by atoms with Gasteiger partial charge in [-0.25, -0.2) is 14.2 Å². The first-order chi connectivity index (χ1) is 10.0. The largest absolute Gasteiger partial charge is 0.478 e. The molecule has 3 nitrogen and oxygen atoms in total. The van der Waals surface area contributed by atoms with Gasteiger partial charge in [0, 0.05) is 18.0 Å². The summed E-state index contributed by atoms with van der Waals surface area (Å²) in [6.45, 7) is 0. The number of carbonyl (C=O) groups is 1. The van der Waals surface area contributed by atoms with Crippen LogP contribution in [0.5, 0.6) is 0 Å². The summed E-state index contributed by atoms with van der Waals surface area (Å²) in [7, 11) is 0. The molecule has 0 fully saturated rings. The van der Waals surface area contributed by atoms with E-state index in [1.807, 2.05) is 0 Å². The van der Waals surface area contributed by atoms with Gasteiger partial charge in [-0.2, -0.15) is 0 Å². The van der Waals surface area contributed by atoms with E-state index in [2.05, 4.69) is 4.98 Å². The van der Waals surface area contributed by atoms with Gasteiger partial charge in [0.1, 0.15) is 10.8 Å². The topological polar surface area (TPSA) is 50.2 Å². The lowest BCUT2D eigenvalue weighted by Crippen LogP contribution is -1.89. The smallest absolute Gasteiger partial charge is 0.328 e. The van der Waals surface area contributed by atoms with E-state index in [-0.39, 0.29) is 0 Å². The van der Waals surface area contributed by atoms with Gasteiger partial charge in [0.25, 0.3) is 0 Å². The maximum Gasteiger partial charge on any atom is 0.328 e. The Kier molecular flexibility index (Phi) is 5.36. The Morgan fingerprint density at radius 1 is 1.43 bits per heavy atom. The summed E-state index contributed by atoms with van der Waals surface area (Å²) in [6, 6.07) is 7.89. The van der Waals surface area contributed by atoms with Gasteiger partial charge < -0.3 is 5.11 Å². The molecule has 1 aromatic carbocycles. The Morgan fingerprint density at radius 3 is 2.95 bits per heavy atom. The molecule has 1 aromatic heterocycles. The van der Waals surface area contributed by atoms with Crippen LogP contribution >= 0.6 is 23.4 Å². The van der Waals surface area contributed by atoms with Crippen LogP contribution in [0.15, 0.2) is 47.6 Å². The van der Waals surface area contributed by atoms with Gasteiger partial charge in [-0.15, -0.1) is 11.8 Å². The minimum absolute atomic E-state index is 0.412. The van der Waals surface area contributed by atoms with E-state index in [4.69, 9.17) is 16.7 Å². The predicted octanol–water partition coefficient (Wildman–Crippen LogP) is 4.26. The summed E-state index contributed by atoms with van der Waals surface area (Å²) in [4.78, 5) is 14.6. The van der Waals surface area contributed by atoms with E-state index in [0.717, 1.165) is 11.6 Å². The summed E-state index contributed by atoms with van der Waals surface area (Å²) >= 11 is 7.40. The van der Waals surface area contributed by atoms with Crippen molar-refractivity contribution in [2.45, 2.75) is 10.8 Å². The molecular formula is C15H11ClFNO2S. The van der Waals surface area contributed by atoms with Crippen LogP contribution in [0.3, 0.4) is 0 Å². The quantitative estimate of drug-likeness (QED) is 0.659. The molecule has 0 atom stereocenters. The number of thioether (sulfide) groups is 1. The predicted molar refractivity (Wildman–Crippen MR) is 81.9 cm³/mol. The zero-order valence-electron chi connectivity index (χ0n) is 10.8. The average Bonchev–Trinajstić information content (AvgIpc) is 2.44. The molecule has 21 heavy (non-hydrogen) atoms. The Balaban J connectivity index is 2.13. The van der Waals surface area contributed by atoms with Crippen LogP contribution in [-0.2, 0) is 10.5 Å². The molecule has 0 aliphatic rings. The average molecular weight is 324 g/mol. The second-order valence-electron chi connectivity index (χ2n) is 4.14. The Hall–Kier alpha value is -1.85. The van der Waals surface area contributed by atoms with Crippen molar-refractivity contribution < 1.29 is 14.3 Å². The molecule has 0 aliphatic carbocycles. The molecule has 0 amide bonds. The third-order valence-corrected chi connectivity index (χ3v) is 3.99. The second-order valence-corrected chi connectivity index (χ2v) is 5.51. The maximum atomic E-state index is 13.5. The molecule has 0 spiro atoms. The molecule has 0 radical (unpaired) electrons. The third kappa shape index (κ3) is 4.88. The molecule has 0 bridgehead atoms. The first kappa shape index (κ1) is 15.5. The fourth-order valence-corrected chi connectivity index (χ4v) is 2.75. The molecule has 0 saturated carbocycles. The van der Waals surface area contributed by atoms with Crippen LogP contribution < -0.4 is 0 Å². The first-order valence-corrected chi connectivity index (χ1v) is 7.35. The Labute approximate surface area is 130 Å². The Morgan fingerprint density at radius 2 is 2.24 bits per heavy atom. The molecule has 1 N–H and O–H groups in total. The van der Waals surface area contributed by atoms with Gasteiger partial charge in [0.15, 0.2) is 0 Å². The molecule has 2 rings (SSSR count). The monoisotopic (exact) mass is 323 g/mol. The fourth-order valence-electron chi connectivity index (χ4n) is 1.65. The number of aliphatic carboxylic acids is 1. The normalized spacial score (nSPS) is 11.0. The summed E-state index contributed by atoms with van der Waals surface area (Å²) in [5.41, 5.74) is 1.23. The second kappa shape index (κ2) is 7.24. The van der Waals surface area contributed by atoms with Crippen molar-refractivity contribution in [2.75, 3.05) is 0 Å². The number of benzene rings is 1. The van der Waals surface area contributed by atoms with Crippen LogP contribution in [-0.4, -0.2) is 16.1 Å². The molecular weight excluding hydrogens is 313 g/mol. The van der Waals surface area contributed by atoms with E-state index in [9.17, 15) is 9.18 Å². The van der Waals surface area contributed by atoms with E-state index in [1.165, 1.54) is 30.0 Å². The third-order valence-electron chi connectivity index (χ3n) is 2.50. The van der Waals surface area contributed by atoms with Crippen LogP contribution in [0.1, 0.15) is 11.1 Å². The van der Waals surface area contributed by atoms with Crippen molar-refractivity contribution >= 4 is 35.4 Å². The van der Waals surface area contributed by atoms with Crippen molar-refractivity contribution in [3.63, 3.8) is 0 Å². The molecule has 108 valence electrons. The van der Waals surface area contributed by atoms with E-state index < -0.39 is 11.8 Å². The van der Waals surface area contributed by atoms with Crippen molar-refractivity contribution in [2.24, 2.45) is 0 Å². The summed E-state index contributed by atoms with van der Waals surface area (Å²) in [5.74, 6) is -0.997. The van der Waals surface area contributed by atoms with E-state index in [0.29, 0.717) is 21.4 Å². The lowest BCUT2D eigenvalue weighted by atomic mass is 10.1. The number of pyridine rings is 1. The molecule has 2 aromatic rings. The highest BCUT2D eigenvalue weighted by molar-refractivity contribution is 7.98. The number of carboxylic acid groups (broad SMARTS) is 1. The molecule has 6 heteroatoms. The number of rotatable bonds is 5. The lowest BCUT2D eigenvalue weighted by molar-refractivity contribution is -0.131. The molecule has 0 saturated heterocycles. The van der Waals surface area contributed by atoms with E-state index in [1.54, 1.807) is 24.4 Å². The van der Waals surface area contributed by atoms with Crippen molar-refractivity contribution in [1.29, 1.82) is 0 Å². The van der Waals surface area contributed by atoms with Crippen molar-refractivity contribution in [3.8, 4) is 0 Å². The standard InChI is InChI=1S/C15H11ClFNO2S/c16-13-2-1-5-18-15(13)21-9-11-6-10(3-4-14(19)20)7-12(17)8-11/h1-8H,9H2,(H,19,20). The van der Waals surface area contributed by atoms with Gasteiger partial charge in [0.05, 0.1) is 5.02 Å². The summed E-state index contributed by atoms with van der Waals surface area (Å²) in [5, 5.41) is 9.81. The highest BCUT2D eigenvalue weighted by Gasteiger charge is 2.04. The first-order valence-electron chi connectivity index (χ1n) is 5.98. The number of halogens is 2. The van der Waals surface area contributed by atoms with Gasteiger partial charge >= 0.3 is 5.97 Å². The van der Waals surface area contributed by atoms with Gasteiger partial charge in [-0.1, -0.05) is 17.7 Å². The van der Waals surface area contributed by atoms with Gasteiger partial charge in [0.2, 0.25) is 0 Å². The fraction of sp³-hybridized carbons (Fsp3) is 0.0667. The molecule has 1 heterocycles. The Bertz CT molecular complexity index is 691. The molecule has 0 unspecified atom stereocenters. The maximum absolute atomic E-state index is 13.5. The van der Waals surface area contributed by atoms with Crippen LogP contribution in [0.2, 0.25) is 5.02 Å². The zero-order valence-corrected chi connectivity index (χ0v) is 12.4. The number of aromatic nitrogens is 1. The zero-order chi connectivity index (χ0) is 15.2. The highest BCUT2D eigenvalue weighted by atomic mass is 35.5. The van der Waals surface area contributed by atoms with Crippen LogP contribution in [0, 0.1) is 5.82 Å². The number of hydrogen-bond acceptors (Lipinski definition) is 3. The number of hydrogen-bond donors (Lipinski definition) is 1. The lowest BCUT2D eigenvalue weighted by Gasteiger charge is -2.05. The number of nitrogens with zero attached hydrogens (tertiary/aromatic N) is 1. The van der Waals surface area contributed by atoms with E-state index >= 15 is 0 Å². The highest BCUT2D eigenvalue weighted by Crippen LogP contribution is 2.27. The van der Waals surface area contributed by atoms with Gasteiger partial charge in [-0.3, -0.25) is 0 Å². The SMILES string of the molecule is O=C(O)C=Cc1cc(F)cc(CSc2ncccc2Cl)c1.